The number of aryl methyl sites for hydroxylation is 1. The largest absolute Gasteiger partial charge is 0.370 e. The standard InChI is InChI=1S/C33H41ClFN7O/c1-20(2)6-4-7-21-16-26(30(35)27(34)17-21)28-18-23-19-42(33(43)40-31(23)39-28)25-12-10-22(11-13-25)29-9-5-8-24(41(29)3)14-15-38-32(36)37/h10-13,16-20,24,29H,4-9,14-15H2,1-3H3,(H4,36,37,38)(H,39,40,43)/t24-,29-/m0/s1. The quantitative estimate of drug-likeness (QED) is 0.144. The summed E-state index contributed by atoms with van der Waals surface area (Å²) in [6.07, 6.45) is 8.87. The predicted octanol–water partition coefficient (Wildman–Crippen LogP) is 6.34. The third-order valence-corrected chi connectivity index (χ3v) is 8.80. The third-order valence-electron chi connectivity index (χ3n) is 8.53. The number of hydrogen-bond donors (Lipinski definition) is 3. The van der Waals surface area contributed by atoms with Crippen molar-refractivity contribution in [2.24, 2.45) is 22.4 Å². The number of benzene rings is 2. The molecule has 10 heteroatoms. The summed E-state index contributed by atoms with van der Waals surface area (Å²) in [4.78, 5) is 27.0. The fourth-order valence-corrected chi connectivity index (χ4v) is 6.42. The van der Waals surface area contributed by atoms with E-state index in [0.717, 1.165) is 56.2 Å². The van der Waals surface area contributed by atoms with Gasteiger partial charge < -0.3 is 16.5 Å². The number of nitrogens with two attached hydrogens (primary N) is 2. The zero-order valence-electron chi connectivity index (χ0n) is 25.1. The number of piperidine rings is 1. The van der Waals surface area contributed by atoms with Crippen molar-refractivity contribution in [3.63, 3.8) is 0 Å². The van der Waals surface area contributed by atoms with Gasteiger partial charge in [0.25, 0.3) is 0 Å². The highest BCUT2D eigenvalue weighted by atomic mass is 35.5. The smallest absolute Gasteiger partial charge is 0.354 e. The van der Waals surface area contributed by atoms with Gasteiger partial charge in [0.05, 0.1) is 16.4 Å². The Hall–Kier alpha value is -3.69. The molecule has 1 fully saturated rings. The van der Waals surface area contributed by atoms with E-state index in [1.807, 2.05) is 24.3 Å². The first-order valence-corrected chi connectivity index (χ1v) is 15.5. The molecular formula is C33H41ClFN7O. The van der Waals surface area contributed by atoms with Crippen LogP contribution in [-0.4, -0.2) is 45.0 Å². The highest BCUT2D eigenvalue weighted by Crippen LogP contribution is 2.35. The van der Waals surface area contributed by atoms with Gasteiger partial charge in [0.2, 0.25) is 0 Å². The summed E-state index contributed by atoms with van der Waals surface area (Å²) in [6.45, 7) is 5.00. The van der Waals surface area contributed by atoms with Crippen LogP contribution in [0.25, 0.3) is 28.0 Å². The second-order valence-electron chi connectivity index (χ2n) is 12.1. The van der Waals surface area contributed by atoms with E-state index in [1.54, 1.807) is 12.3 Å². The first-order valence-electron chi connectivity index (χ1n) is 15.1. The lowest BCUT2D eigenvalue weighted by Gasteiger charge is -2.40. The molecule has 1 aliphatic heterocycles. The third kappa shape index (κ3) is 7.11. The van der Waals surface area contributed by atoms with Crippen molar-refractivity contribution in [2.45, 2.75) is 70.9 Å². The van der Waals surface area contributed by atoms with E-state index in [2.05, 4.69) is 52.9 Å². The maximum absolute atomic E-state index is 15.1. The van der Waals surface area contributed by atoms with Gasteiger partial charge in [0, 0.05) is 35.8 Å². The molecule has 228 valence electrons. The van der Waals surface area contributed by atoms with Gasteiger partial charge in [-0.15, -0.1) is 0 Å². The Bertz CT molecular complexity index is 1660. The van der Waals surface area contributed by atoms with Gasteiger partial charge in [0.15, 0.2) is 11.8 Å². The summed E-state index contributed by atoms with van der Waals surface area (Å²) >= 11 is 6.28. The predicted molar refractivity (Wildman–Crippen MR) is 173 cm³/mol. The van der Waals surface area contributed by atoms with Crippen molar-refractivity contribution in [1.82, 2.24) is 19.4 Å². The molecule has 2 aromatic carbocycles. The molecule has 8 nitrogen and oxygen atoms in total. The topological polar surface area (TPSA) is 118 Å². The van der Waals surface area contributed by atoms with Gasteiger partial charge in [-0.2, -0.15) is 4.98 Å². The molecule has 43 heavy (non-hydrogen) atoms. The van der Waals surface area contributed by atoms with Crippen LogP contribution in [0, 0.1) is 11.7 Å². The van der Waals surface area contributed by atoms with Crippen LogP contribution in [0.4, 0.5) is 4.39 Å². The monoisotopic (exact) mass is 605 g/mol. The van der Waals surface area contributed by atoms with E-state index in [0.29, 0.717) is 40.8 Å². The lowest BCUT2D eigenvalue weighted by molar-refractivity contribution is 0.110. The summed E-state index contributed by atoms with van der Waals surface area (Å²) in [5.41, 5.74) is 14.8. The number of aromatic amines is 1. The van der Waals surface area contributed by atoms with Gasteiger partial charge in [-0.3, -0.25) is 14.5 Å². The van der Waals surface area contributed by atoms with Crippen LogP contribution in [0.1, 0.15) is 69.5 Å². The maximum atomic E-state index is 15.1. The molecule has 0 unspecified atom stereocenters. The number of guanidine groups is 1. The second kappa shape index (κ2) is 13.3. The van der Waals surface area contributed by atoms with E-state index >= 15 is 4.39 Å². The minimum absolute atomic E-state index is 0.0898. The number of aromatic nitrogens is 3. The molecule has 0 radical (unpaired) electrons. The molecule has 0 spiro atoms. The molecule has 0 saturated carbocycles. The van der Waals surface area contributed by atoms with Crippen LogP contribution in [0.15, 0.2) is 58.4 Å². The Balaban J connectivity index is 1.37. The van der Waals surface area contributed by atoms with Crippen LogP contribution < -0.4 is 17.2 Å². The van der Waals surface area contributed by atoms with Gasteiger partial charge >= 0.3 is 5.69 Å². The molecule has 2 atom stereocenters. The SMILES string of the molecule is CC(C)CCCc1cc(Cl)c(F)c(-c2cc3cn(-c4ccc([C@@H]5CCC[C@@H](CCN=C(N)N)N5C)cc4)c(=O)nc3[nH]2)c1. The molecule has 3 heterocycles. The maximum Gasteiger partial charge on any atom is 0.354 e. The Morgan fingerprint density at radius 3 is 2.67 bits per heavy atom. The highest BCUT2D eigenvalue weighted by Gasteiger charge is 2.28. The minimum atomic E-state index is -0.488. The fourth-order valence-electron chi connectivity index (χ4n) is 6.18. The summed E-state index contributed by atoms with van der Waals surface area (Å²) < 4.78 is 16.7. The molecule has 1 aliphatic rings. The van der Waals surface area contributed by atoms with E-state index in [-0.39, 0.29) is 17.0 Å². The molecule has 0 amide bonds. The van der Waals surface area contributed by atoms with Gasteiger partial charge in [-0.1, -0.05) is 44.0 Å². The van der Waals surface area contributed by atoms with E-state index in [4.69, 9.17) is 23.1 Å². The summed E-state index contributed by atoms with van der Waals surface area (Å²) in [5, 5.41) is 0.794. The molecule has 2 aromatic heterocycles. The van der Waals surface area contributed by atoms with Gasteiger partial charge in [-0.05, 0) is 92.9 Å². The fraction of sp³-hybridized carbons (Fsp3) is 0.424. The van der Waals surface area contributed by atoms with E-state index < -0.39 is 11.5 Å². The molecule has 5 rings (SSSR count). The first kappa shape index (κ1) is 30.8. The number of rotatable bonds is 10. The number of aliphatic imine (C=N–C) groups is 1. The second-order valence-corrected chi connectivity index (χ2v) is 12.5. The average molecular weight is 606 g/mol. The Labute approximate surface area is 257 Å². The van der Waals surface area contributed by atoms with Crippen LogP contribution in [0.2, 0.25) is 5.02 Å². The number of nitrogens with zero attached hydrogens (tertiary/aromatic N) is 4. The summed E-state index contributed by atoms with van der Waals surface area (Å²) in [5.74, 6) is 0.244. The number of fused-ring (bicyclic) bond motifs is 1. The van der Waals surface area contributed by atoms with Crippen LogP contribution in [0.3, 0.4) is 0 Å². The van der Waals surface area contributed by atoms with Crippen molar-refractivity contribution in [3.05, 3.63) is 81.1 Å². The van der Waals surface area contributed by atoms with Crippen LogP contribution >= 0.6 is 11.6 Å². The number of likely N-dealkylation sites (tertiary alicyclic amines) is 1. The van der Waals surface area contributed by atoms with Crippen molar-refractivity contribution in [3.8, 4) is 16.9 Å². The van der Waals surface area contributed by atoms with Crippen molar-refractivity contribution in [2.75, 3.05) is 13.6 Å². The molecule has 4 aromatic rings. The number of nitrogens with one attached hydrogen (secondary N) is 1. The van der Waals surface area contributed by atoms with Gasteiger partial charge in [-0.25, -0.2) is 9.18 Å². The van der Waals surface area contributed by atoms with Crippen molar-refractivity contribution < 1.29 is 4.39 Å². The van der Waals surface area contributed by atoms with Gasteiger partial charge in [0.1, 0.15) is 5.65 Å². The summed E-state index contributed by atoms with van der Waals surface area (Å²) in [6, 6.07) is 14.1. The normalized spacial score (nSPS) is 17.5. The zero-order chi connectivity index (χ0) is 30.7. The number of hydrogen-bond acceptors (Lipinski definition) is 4. The lowest BCUT2D eigenvalue weighted by Crippen LogP contribution is -2.39. The number of H-pyrrole nitrogens is 1. The van der Waals surface area contributed by atoms with Crippen LogP contribution in [0.5, 0.6) is 0 Å². The van der Waals surface area contributed by atoms with Crippen molar-refractivity contribution >= 4 is 28.6 Å². The molecule has 1 saturated heterocycles. The molecule has 0 aliphatic carbocycles. The Kier molecular flexibility index (Phi) is 9.52. The molecule has 5 N–H and O–H groups in total. The Morgan fingerprint density at radius 1 is 1.19 bits per heavy atom. The highest BCUT2D eigenvalue weighted by molar-refractivity contribution is 6.31. The lowest BCUT2D eigenvalue weighted by atomic mass is 9.90. The summed E-state index contributed by atoms with van der Waals surface area (Å²) in [7, 11) is 2.15. The van der Waals surface area contributed by atoms with E-state index in [9.17, 15) is 4.79 Å². The minimum Gasteiger partial charge on any atom is -0.370 e. The first-order chi connectivity index (χ1) is 20.6. The number of halogens is 2. The van der Waals surface area contributed by atoms with Crippen LogP contribution in [-0.2, 0) is 6.42 Å². The van der Waals surface area contributed by atoms with Crippen molar-refractivity contribution in [1.29, 1.82) is 0 Å². The zero-order valence-corrected chi connectivity index (χ0v) is 25.9. The average Bonchev–Trinajstić information content (AvgIpc) is 3.37. The molecule has 0 bridgehead atoms. The van der Waals surface area contributed by atoms with E-state index in [1.165, 1.54) is 10.1 Å². The molecular weight excluding hydrogens is 565 g/mol. The Morgan fingerprint density at radius 2 is 1.95 bits per heavy atom.